The highest BCUT2D eigenvalue weighted by molar-refractivity contribution is 8.14. The molecule has 0 saturated heterocycles. The van der Waals surface area contributed by atoms with Gasteiger partial charge in [0.15, 0.2) is 0 Å². The van der Waals surface area contributed by atoms with E-state index < -0.39 is 0 Å². The fourth-order valence-corrected chi connectivity index (χ4v) is 2.18. The third-order valence-corrected chi connectivity index (χ3v) is 3.04. The van der Waals surface area contributed by atoms with Crippen molar-refractivity contribution < 1.29 is 4.74 Å². The van der Waals surface area contributed by atoms with Crippen LogP contribution >= 0.6 is 11.8 Å². The number of hydrogen-bond acceptors (Lipinski definition) is 5. The number of benzene rings is 1. The Labute approximate surface area is 105 Å². The van der Waals surface area contributed by atoms with Gasteiger partial charge in [-0.15, -0.1) is 0 Å². The molecule has 0 saturated carbocycles. The summed E-state index contributed by atoms with van der Waals surface area (Å²) in [6.45, 7) is 3.88. The molecule has 0 bridgehead atoms. The van der Waals surface area contributed by atoms with Gasteiger partial charge >= 0.3 is 0 Å². The molecular formula is C12H13N3OS. The molecule has 0 radical (unpaired) electrons. The van der Waals surface area contributed by atoms with Crippen LogP contribution in [0.4, 0.5) is 0 Å². The van der Waals surface area contributed by atoms with Gasteiger partial charge in [0, 0.05) is 5.56 Å². The molecule has 1 heterocycles. The molecule has 1 aromatic carbocycles. The van der Waals surface area contributed by atoms with E-state index >= 15 is 0 Å². The van der Waals surface area contributed by atoms with E-state index in [9.17, 15) is 0 Å². The Hall–Kier alpha value is -1.67. The van der Waals surface area contributed by atoms with Gasteiger partial charge in [-0.1, -0.05) is 11.8 Å². The first-order valence-electron chi connectivity index (χ1n) is 5.35. The normalized spacial score (nSPS) is 14.1. The van der Waals surface area contributed by atoms with Gasteiger partial charge in [-0.3, -0.25) is 5.43 Å². The van der Waals surface area contributed by atoms with E-state index in [1.807, 2.05) is 32.0 Å². The molecule has 1 aliphatic heterocycles. The van der Waals surface area contributed by atoms with Gasteiger partial charge < -0.3 is 4.74 Å². The van der Waals surface area contributed by atoms with Gasteiger partial charge in [0.1, 0.15) is 16.9 Å². The first-order valence-corrected chi connectivity index (χ1v) is 6.34. The third-order valence-electron chi connectivity index (χ3n) is 2.16. The van der Waals surface area contributed by atoms with Gasteiger partial charge in [0.25, 0.3) is 0 Å². The summed E-state index contributed by atoms with van der Waals surface area (Å²) in [6, 6.07) is 7.73. The van der Waals surface area contributed by atoms with Crippen LogP contribution < -0.4 is 10.2 Å². The zero-order chi connectivity index (χ0) is 12.3. The van der Waals surface area contributed by atoms with E-state index in [1.54, 1.807) is 11.8 Å². The summed E-state index contributed by atoms with van der Waals surface area (Å²) in [4.78, 5) is 0. The molecule has 2 rings (SSSR count). The summed E-state index contributed by atoms with van der Waals surface area (Å²) in [5.41, 5.74) is 4.39. The van der Waals surface area contributed by atoms with Crippen molar-refractivity contribution >= 4 is 16.8 Å². The number of rotatable bonds is 3. The lowest BCUT2D eigenvalue weighted by Crippen LogP contribution is -2.07. The lowest BCUT2D eigenvalue weighted by molar-refractivity contribution is 0.241. The summed E-state index contributed by atoms with van der Waals surface area (Å²) in [5.74, 6) is 1.41. The van der Waals surface area contributed by atoms with Crippen LogP contribution in [0, 0.1) is 11.3 Å². The Morgan fingerprint density at radius 2 is 2.35 bits per heavy atom. The van der Waals surface area contributed by atoms with E-state index in [-0.39, 0.29) is 6.10 Å². The average Bonchev–Trinajstić information content (AvgIpc) is 2.82. The number of ether oxygens (including phenoxy) is 1. The van der Waals surface area contributed by atoms with Gasteiger partial charge in [-0.05, 0) is 32.0 Å². The minimum atomic E-state index is 0.0628. The molecule has 0 aromatic heterocycles. The summed E-state index contributed by atoms with van der Waals surface area (Å²) in [6.07, 6.45) is 0.0628. The molecule has 5 heteroatoms. The zero-order valence-corrected chi connectivity index (χ0v) is 10.5. The highest BCUT2D eigenvalue weighted by Gasteiger charge is 2.13. The van der Waals surface area contributed by atoms with Crippen molar-refractivity contribution in [2.24, 2.45) is 5.10 Å². The first kappa shape index (κ1) is 11.8. The van der Waals surface area contributed by atoms with Crippen LogP contribution in [-0.2, 0) is 0 Å². The summed E-state index contributed by atoms with van der Waals surface area (Å²) >= 11 is 1.62. The van der Waals surface area contributed by atoms with E-state index in [0.717, 1.165) is 16.5 Å². The predicted molar refractivity (Wildman–Crippen MR) is 69.1 cm³/mol. The number of thioether (sulfide) groups is 1. The predicted octanol–water partition coefficient (Wildman–Crippen LogP) is 2.30. The molecule has 0 aliphatic carbocycles. The van der Waals surface area contributed by atoms with Crippen LogP contribution in [0.2, 0.25) is 0 Å². The maximum atomic E-state index is 9.11. The van der Waals surface area contributed by atoms with E-state index in [0.29, 0.717) is 11.3 Å². The summed E-state index contributed by atoms with van der Waals surface area (Å²) in [5, 5.41) is 14.2. The van der Waals surface area contributed by atoms with Crippen molar-refractivity contribution in [3.8, 4) is 11.8 Å². The highest BCUT2D eigenvalue weighted by Crippen LogP contribution is 2.24. The second-order valence-electron chi connectivity index (χ2n) is 3.85. The molecule has 88 valence electrons. The minimum absolute atomic E-state index is 0.0628. The molecule has 4 nitrogen and oxygen atoms in total. The molecule has 17 heavy (non-hydrogen) atoms. The fourth-order valence-electron chi connectivity index (χ4n) is 1.49. The van der Waals surface area contributed by atoms with Crippen molar-refractivity contribution in [2.75, 3.05) is 5.88 Å². The van der Waals surface area contributed by atoms with Crippen molar-refractivity contribution in [3.05, 3.63) is 29.3 Å². The maximum Gasteiger partial charge on any atom is 0.137 e. The van der Waals surface area contributed by atoms with Crippen LogP contribution in [0.5, 0.6) is 5.75 Å². The van der Waals surface area contributed by atoms with Crippen molar-refractivity contribution in [3.63, 3.8) is 0 Å². The van der Waals surface area contributed by atoms with Gasteiger partial charge in [-0.2, -0.15) is 10.4 Å². The van der Waals surface area contributed by atoms with Crippen LogP contribution in [0.1, 0.15) is 25.0 Å². The largest absolute Gasteiger partial charge is 0.490 e. The summed E-state index contributed by atoms with van der Waals surface area (Å²) in [7, 11) is 0. The van der Waals surface area contributed by atoms with Crippen molar-refractivity contribution in [1.29, 1.82) is 5.26 Å². The Morgan fingerprint density at radius 3 is 2.94 bits per heavy atom. The van der Waals surface area contributed by atoms with Crippen LogP contribution in [-0.4, -0.2) is 17.0 Å². The van der Waals surface area contributed by atoms with Crippen LogP contribution in [0.15, 0.2) is 23.3 Å². The Morgan fingerprint density at radius 1 is 1.53 bits per heavy atom. The molecule has 0 fully saturated rings. The lowest BCUT2D eigenvalue weighted by Gasteiger charge is -2.11. The minimum Gasteiger partial charge on any atom is -0.490 e. The number of nitrogens with one attached hydrogen (secondary N) is 1. The summed E-state index contributed by atoms with van der Waals surface area (Å²) < 4.78 is 5.57. The Balaban J connectivity index is 2.31. The van der Waals surface area contributed by atoms with Crippen LogP contribution in [0.3, 0.4) is 0 Å². The quantitative estimate of drug-likeness (QED) is 0.890. The maximum absolute atomic E-state index is 9.11. The van der Waals surface area contributed by atoms with Gasteiger partial charge in [0.05, 0.1) is 17.5 Å². The Bertz CT molecular complexity index is 491. The van der Waals surface area contributed by atoms with E-state index in [2.05, 4.69) is 16.6 Å². The zero-order valence-electron chi connectivity index (χ0n) is 9.73. The molecule has 0 spiro atoms. The van der Waals surface area contributed by atoms with E-state index in [4.69, 9.17) is 10.00 Å². The Kier molecular flexibility index (Phi) is 3.55. The molecule has 0 atom stereocenters. The second kappa shape index (κ2) is 5.11. The third kappa shape index (κ3) is 2.71. The topological polar surface area (TPSA) is 57.4 Å². The fraction of sp³-hybridized carbons (Fsp3) is 0.333. The highest BCUT2D eigenvalue weighted by atomic mass is 32.2. The van der Waals surface area contributed by atoms with Crippen molar-refractivity contribution in [2.45, 2.75) is 20.0 Å². The molecule has 0 amide bonds. The molecule has 0 unspecified atom stereocenters. The number of hydrogen-bond donors (Lipinski definition) is 1. The van der Waals surface area contributed by atoms with Gasteiger partial charge in [-0.25, -0.2) is 0 Å². The standard InChI is InChI=1S/C12H13N3OS/c1-8(2)16-11-4-3-9(5-10(11)6-13)12-15-14-7-17-12/h3-5,8,14H,7H2,1-2H3. The van der Waals surface area contributed by atoms with Crippen LogP contribution in [0.25, 0.3) is 0 Å². The second-order valence-corrected chi connectivity index (χ2v) is 4.82. The molecule has 1 aromatic rings. The monoisotopic (exact) mass is 247 g/mol. The SMILES string of the molecule is CC(C)Oc1ccc(C2=NNCS2)cc1C#N. The smallest absolute Gasteiger partial charge is 0.137 e. The lowest BCUT2D eigenvalue weighted by atomic mass is 10.1. The first-order chi connectivity index (χ1) is 8.20. The van der Waals surface area contributed by atoms with E-state index in [1.165, 1.54) is 0 Å². The molecule has 1 N–H and O–H groups in total. The van der Waals surface area contributed by atoms with Crippen molar-refractivity contribution in [1.82, 2.24) is 5.43 Å². The number of hydrazone groups is 1. The molecule has 1 aliphatic rings. The van der Waals surface area contributed by atoms with Gasteiger partial charge in [0.2, 0.25) is 0 Å². The molecular weight excluding hydrogens is 234 g/mol. The number of nitrogens with zero attached hydrogens (tertiary/aromatic N) is 2. The number of nitriles is 1. The average molecular weight is 247 g/mol.